The highest BCUT2D eigenvalue weighted by Crippen LogP contribution is 2.48. The van der Waals surface area contributed by atoms with Gasteiger partial charge >= 0.3 is 0 Å². The largest absolute Gasteiger partial charge is 0.309 e. The van der Waals surface area contributed by atoms with E-state index >= 15 is 0 Å². The maximum Gasteiger partial charge on any atom is 0.0541 e. The number of rotatable bonds is 5. The van der Waals surface area contributed by atoms with E-state index in [0.29, 0.717) is 11.8 Å². The average molecular weight is 784 g/mol. The van der Waals surface area contributed by atoms with E-state index in [-0.39, 0.29) is 0 Å². The average Bonchev–Trinajstić information content (AvgIpc) is 3.82. The Morgan fingerprint density at radius 2 is 1.08 bits per heavy atom. The molecule has 1 aliphatic carbocycles. The van der Waals surface area contributed by atoms with E-state index < -0.39 is 0 Å². The fourth-order valence-electron chi connectivity index (χ4n) is 10.2. The van der Waals surface area contributed by atoms with Gasteiger partial charge in [-0.2, -0.15) is 0 Å². The standard InChI is InChI=1S/C58H41NS/c1-37-44-30-28-40(32-51(44)46-22-9-8-20-42(46)34-50(37)39-18-6-3-7-19-39)41-29-31-56-52(33-41)48-24-12-14-26-55(48)59(56)43-35-53(58-54(36-43)49-25-13-15-27-57(49)60-58)47-23-11-10-21-45(47)38-16-4-2-5-17-38/h2-33,35-37,50H,34H2,1H3. The molecule has 0 bridgehead atoms. The van der Waals surface area contributed by atoms with Gasteiger partial charge in [-0.3, -0.25) is 0 Å². The number of hydrogen-bond acceptors (Lipinski definition) is 1. The van der Waals surface area contributed by atoms with Crippen molar-refractivity contribution in [1.29, 1.82) is 0 Å². The second-order valence-corrected chi connectivity index (χ2v) is 17.5. The smallest absolute Gasteiger partial charge is 0.0541 e. The zero-order valence-corrected chi connectivity index (χ0v) is 34.2. The monoisotopic (exact) mass is 783 g/mol. The van der Waals surface area contributed by atoms with Gasteiger partial charge in [-0.1, -0.05) is 171 Å². The van der Waals surface area contributed by atoms with Crippen molar-refractivity contribution in [3.05, 3.63) is 223 Å². The zero-order chi connectivity index (χ0) is 39.7. The lowest BCUT2D eigenvalue weighted by Gasteiger charge is -2.24. The summed E-state index contributed by atoms with van der Waals surface area (Å²) in [5.74, 6) is 0.798. The van der Waals surface area contributed by atoms with Crippen LogP contribution >= 0.6 is 11.3 Å². The molecule has 60 heavy (non-hydrogen) atoms. The molecule has 2 heteroatoms. The number of nitrogens with zero attached hydrogens (tertiary/aromatic N) is 1. The van der Waals surface area contributed by atoms with Crippen molar-refractivity contribution in [3.63, 3.8) is 0 Å². The summed E-state index contributed by atoms with van der Waals surface area (Å²) in [5.41, 5.74) is 18.0. The van der Waals surface area contributed by atoms with Crippen molar-refractivity contribution in [3.8, 4) is 50.2 Å². The predicted octanol–water partition coefficient (Wildman–Crippen LogP) is 16.3. The summed E-state index contributed by atoms with van der Waals surface area (Å²) in [7, 11) is 0. The van der Waals surface area contributed by atoms with Crippen LogP contribution in [0.15, 0.2) is 206 Å². The van der Waals surface area contributed by atoms with Gasteiger partial charge in [-0.05, 0) is 116 Å². The van der Waals surface area contributed by atoms with Crippen molar-refractivity contribution in [2.75, 3.05) is 0 Å². The van der Waals surface area contributed by atoms with Crippen LogP contribution in [-0.4, -0.2) is 4.57 Å². The molecule has 1 aliphatic rings. The Labute approximate surface area is 354 Å². The van der Waals surface area contributed by atoms with Gasteiger partial charge in [0.1, 0.15) is 0 Å². The quantitative estimate of drug-likeness (QED) is 0.164. The lowest BCUT2D eigenvalue weighted by Crippen LogP contribution is -2.10. The summed E-state index contributed by atoms with van der Waals surface area (Å²) in [4.78, 5) is 0. The van der Waals surface area contributed by atoms with Crippen molar-refractivity contribution < 1.29 is 0 Å². The van der Waals surface area contributed by atoms with Crippen LogP contribution in [0.5, 0.6) is 0 Å². The van der Waals surface area contributed by atoms with E-state index in [1.54, 1.807) is 0 Å². The predicted molar refractivity (Wildman–Crippen MR) is 257 cm³/mol. The fourth-order valence-corrected chi connectivity index (χ4v) is 11.4. The molecule has 0 N–H and O–H groups in total. The molecule has 0 spiro atoms. The SMILES string of the molecule is CC1c2ccc(-c3ccc4c(c3)c3ccccc3n4-c3cc(-c4ccccc4-c4ccccc4)c4sc5ccccc5c4c3)cc2-c2ccccc2CC1c1ccccc1. The second kappa shape index (κ2) is 14.1. The van der Waals surface area contributed by atoms with Gasteiger partial charge in [0.25, 0.3) is 0 Å². The Balaban J connectivity index is 1.05. The van der Waals surface area contributed by atoms with Gasteiger partial charge in [-0.25, -0.2) is 0 Å². The second-order valence-electron chi connectivity index (χ2n) is 16.4. The Kier molecular flexibility index (Phi) is 8.21. The van der Waals surface area contributed by atoms with Crippen molar-refractivity contribution in [1.82, 2.24) is 4.57 Å². The third-order valence-electron chi connectivity index (χ3n) is 13.2. The summed E-state index contributed by atoms with van der Waals surface area (Å²) in [6.45, 7) is 2.42. The molecule has 284 valence electrons. The molecule has 0 fully saturated rings. The molecule has 2 atom stereocenters. The van der Waals surface area contributed by atoms with E-state index in [1.165, 1.54) is 109 Å². The molecule has 0 aliphatic heterocycles. The normalized spacial score (nSPS) is 15.0. The van der Waals surface area contributed by atoms with Gasteiger partial charge in [-0.15, -0.1) is 11.3 Å². The number of benzene rings is 9. The highest BCUT2D eigenvalue weighted by molar-refractivity contribution is 7.26. The Bertz CT molecular complexity index is 3420. The van der Waals surface area contributed by atoms with Crippen LogP contribution in [0.4, 0.5) is 0 Å². The number of hydrogen-bond donors (Lipinski definition) is 0. The molecule has 0 amide bonds. The van der Waals surface area contributed by atoms with Gasteiger partial charge < -0.3 is 4.57 Å². The van der Waals surface area contributed by atoms with Crippen molar-refractivity contribution in [2.24, 2.45) is 0 Å². The van der Waals surface area contributed by atoms with Crippen LogP contribution < -0.4 is 0 Å². The first-order valence-electron chi connectivity index (χ1n) is 21.1. The minimum absolute atomic E-state index is 0.381. The molecule has 1 nitrogen and oxygen atoms in total. The van der Waals surface area contributed by atoms with Crippen molar-refractivity contribution >= 4 is 53.3 Å². The van der Waals surface area contributed by atoms with Crippen LogP contribution in [0, 0.1) is 0 Å². The van der Waals surface area contributed by atoms with E-state index in [1.807, 2.05) is 11.3 Å². The van der Waals surface area contributed by atoms with Crippen LogP contribution in [0.1, 0.15) is 35.4 Å². The zero-order valence-electron chi connectivity index (χ0n) is 33.3. The van der Waals surface area contributed by atoms with Gasteiger partial charge in [0, 0.05) is 42.2 Å². The molecule has 2 unspecified atom stereocenters. The molecule has 0 radical (unpaired) electrons. The Morgan fingerprint density at radius 3 is 1.93 bits per heavy atom. The van der Waals surface area contributed by atoms with Crippen molar-refractivity contribution in [2.45, 2.75) is 25.2 Å². The first-order valence-corrected chi connectivity index (χ1v) is 21.9. The van der Waals surface area contributed by atoms with Gasteiger partial charge in [0.2, 0.25) is 0 Å². The lowest BCUT2D eigenvalue weighted by atomic mass is 9.80. The van der Waals surface area contributed by atoms with E-state index in [4.69, 9.17) is 0 Å². The maximum atomic E-state index is 2.49. The molecular weight excluding hydrogens is 743 g/mol. The molecule has 9 aromatic carbocycles. The number of thiophene rings is 1. The highest BCUT2D eigenvalue weighted by atomic mass is 32.1. The third-order valence-corrected chi connectivity index (χ3v) is 14.4. The fraction of sp³-hybridized carbons (Fsp3) is 0.0690. The molecule has 2 heterocycles. The summed E-state index contributed by atoms with van der Waals surface area (Å²) < 4.78 is 5.12. The summed E-state index contributed by atoms with van der Waals surface area (Å²) >= 11 is 1.90. The van der Waals surface area contributed by atoms with E-state index in [0.717, 1.165) is 6.42 Å². The minimum atomic E-state index is 0.381. The van der Waals surface area contributed by atoms with E-state index in [2.05, 4.69) is 218 Å². The third kappa shape index (κ3) is 5.59. The first-order chi connectivity index (χ1) is 29.7. The molecule has 12 rings (SSSR count). The molecular formula is C58H41NS. The van der Waals surface area contributed by atoms with Crippen LogP contribution in [0.3, 0.4) is 0 Å². The molecule has 0 saturated carbocycles. The number of para-hydroxylation sites is 1. The summed E-state index contributed by atoms with van der Waals surface area (Å²) in [6, 6.07) is 76.9. The number of fused-ring (bicyclic) bond motifs is 9. The van der Waals surface area contributed by atoms with Gasteiger partial charge in [0.05, 0.1) is 11.0 Å². The Morgan fingerprint density at radius 1 is 0.433 bits per heavy atom. The summed E-state index contributed by atoms with van der Waals surface area (Å²) in [6.07, 6.45) is 1.03. The van der Waals surface area contributed by atoms with E-state index in [9.17, 15) is 0 Å². The highest BCUT2D eigenvalue weighted by Gasteiger charge is 2.29. The van der Waals surface area contributed by atoms with Gasteiger partial charge in [0.15, 0.2) is 0 Å². The van der Waals surface area contributed by atoms with Crippen LogP contribution in [0.2, 0.25) is 0 Å². The Hall–Kier alpha value is -7.00. The molecule has 0 saturated heterocycles. The maximum absolute atomic E-state index is 2.49. The lowest BCUT2D eigenvalue weighted by molar-refractivity contribution is 0.579. The summed E-state index contributed by atoms with van der Waals surface area (Å²) in [5, 5.41) is 5.12. The minimum Gasteiger partial charge on any atom is -0.309 e. The number of aromatic nitrogens is 1. The van der Waals surface area contributed by atoms with Crippen LogP contribution in [0.25, 0.3) is 92.2 Å². The molecule has 11 aromatic rings. The van der Waals surface area contributed by atoms with Crippen LogP contribution in [-0.2, 0) is 6.42 Å². The first kappa shape index (κ1) is 35.0. The molecule has 2 aromatic heterocycles. The topological polar surface area (TPSA) is 4.93 Å².